The van der Waals surface area contributed by atoms with Crippen molar-refractivity contribution in [2.75, 3.05) is 18.0 Å². The summed E-state index contributed by atoms with van der Waals surface area (Å²) in [5.41, 5.74) is 3.81. The van der Waals surface area contributed by atoms with Crippen LogP contribution in [0.1, 0.15) is 28.1 Å². The number of hydrogen-bond donors (Lipinski definition) is 0. The maximum Gasteiger partial charge on any atom is 0.217 e. The van der Waals surface area contributed by atoms with Crippen molar-refractivity contribution in [2.45, 2.75) is 19.8 Å². The summed E-state index contributed by atoms with van der Waals surface area (Å²) < 4.78 is 5.17. The number of ketones is 1. The van der Waals surface area contributed by atoms with Crippen molar-refractivity contribution in [3.8, 4) is 0 Å². The summed E-state index contributed by atoms with van der Waals surface area (Å²) in [6, 6.07) is 9.93. The number of rotatable bonds is 3. The largest absolute Gasteiger partial charge is 0.461 e. The van der Waals surface area contributed by atoms with E-state index in [1.807, 2.05) is 0 Å². The molecule has 98 valence electrons. The Kier molecular flexibility index (Phi) is 3.11. The first-order valence-corrected chi connectivity index (χ1v) is 6.65. The Balaban J connectivity index is 1.82. The zero-order valence-electron chi connectivity index (χ0n) is 11.1. The number of fused-ring (bicyclic) bond motifs is 1. The molecule has 0 saturated carbocycles. The molecule has 0 radical (unpaired) electrons. The fourth-order valence-electron chi connectivity index (χ4n) is 2.66. The van der Waals surface area contributed by atoms with Crippen molar-refractivity contribution in [2.24, 2.45) is 0 Å². The second-order valence-corrected chi connectivity index (χ2v) is 5.06. The Morgan fingerprint density at radius 3 is 3.05 bits per heavy atom. The predicted octanol–water partition coefficient (Wildman–Crippen LogP) is 3.22. The molecule has 3 nitrogen and oxygen atoms in total. The van der Waals surface area contributed by atoms with Crippen LogP contribution in [0, 0.1) is 6.92 Å². The number of carbonyl (C=O) groups is 1. The highest BCUT2D eigenvalue weighted by atomic mass is 16.3. The van der Waals surface area contributed by atoms with E-state index in [1.165, 1.54) is 16.8 Å². The molecule has 1 aromatic carbocycles. The first-order chi connectivity index (χ1) is 9.24. The van der Waals surface area contributed by atoms with Crippen LogP contribution in [0.15, 0.2) is 41.0 Å². The lowest BCUT2D eigenvalue weighted by Crippen LogP contribution is -2.34. The van der Waals surface area contributed by atoms with Crippen LogP contribution in [0.2, 0.25) is 0 Å². The highest BCUT2D eigenvalue weighted by Gasteiger charge is 2.20. The van der Waals surface area contributed by atoms with Crippen LogP contribution in [0.4, 0.5) is 5.69 Å². The zero-order valence-corrected chi connectivity index (χ0v) is 11.1. The molecule has 0 bridgehead atoms. The standard InChI is InChI=1S/C16H17NO2/c1-12-6-7-14-13(10-12)4-2-8-17(14)11-15(18)16-5-3-9-19-16/h3,5-7,9-10H,2,4,8,11H2,1H3. The summed E-state index contributed by atoms with van der Waals surface area (Å²) >= 11 is 0. The molecule has 2 heterocycles. The number of benzene rings is 1. The minimum Gasteiger partial charge on any atom is -0.461 e. The van der Waals surface area contributed by atoms with Crippen LogP contribution in [0.25, 0.3) is 0 Å². The highest BCUT2D eigenvalue weighted by Crippen LogP contribution is 2.28. The number of carbonyl (C=O) groups excluding carboxylic acids is 1. The third-order valence-corrected chi connectivity index (χ3v) is 3.58. The average Bonchev–Trinajstić information content (AvgIpc) is 2.92. The average molecular weight is 255 g/mol. The quantitative estimate of drug-likeness (QED) is 0.789. The van der Waals surface area contributed by atoms with Crippen molar-refractivity contribution in [1.82, 2.24) is 0 Å². The van der Waals surface area contributed by atoms with E-state index in [2.05, 4.69) is 30.0 Å². The van der Waals surface area contributed by atoms with Crippen molar-refractivity contribution < 1.29 is 9.21 Å². The molecule has 1 aliphatic heterocycles. The Hall–Kier alpha value is -2.03. The fraction of sp³-hybridized carbons (Fsp3) is 0.312. The van der Waals surface area contributed by atoms with Gasteiger partial charge in [-0.2, -0.15) is 0 Å². The van der Waals surface area contributed by atoms with Crippen molar-refractivity contribution in [3.63, 3.8) is 0 Å². The number of nitrogens with zero attached hydrogens (tertiary/aromatic N) is 1. The number of aryl methyl sites for hydroxylation is 2. The molecule has 1 aromatic heterocycles. The summed E-state index contributed by atoms with van der Waals surface area (Å²) in [6.07, 6.45) is 3.74. The van der Waals surface area contributed by atoms with Crippen LogP contribution in [0.5, 0.6) is 0 Å². The van der Waals surface area contributed by atoms with Crippen LogP contribution in [-0.4, -0.2) is 18.9 Å². The molecule has 19 heavy (non-hydrogen) atoms. The fourth-order valence-corrected chi connectivity index (χ4v) is 2.66. The van der Waals surface area contributed by atoms with E-state index in [0.29, 0.717) is 12.3 Å². The molecule has 0 fully saturated rings. The predicted molar refractivity (Wildman–Crippen MR) is 74.8 cm³/mol. The third-order valence-electron chi connectivity index (χ3n) is 3.58. The Bertz CT molecular complexity index is 587. The zero-order chi connectivity index (χ0) is 13.2. The van der Waals surface area contributed by atoms with E-state index < -0.39 is 0 Å². The van der Waals surface area contributed by atoms with Gasteiger partial charge in [0.05, 0.1) is 12.8 Å². The second kappa shape index (κ2) is 4.92. The van der Waals surface area contributed by atoms with Gasteiger partial charge in [0.25, 0.3) is 0 Å². The maximum atomic E-state index is 12.1. The van der Waals surface area contributed by atoms with E-state index >= 15 is 0 Å². The van der Waals surface area contributed by atoms with Gasteiger partial charge < -0.3 is 9.32 Å². The molecule has 0 aliphatic carbocycles. The Labute approximate surface area is 112 Å². The van der Waals surface area contributed by atoms with Crippen LogP contribution in [-0.2, 0) is 6.42 Å². The molecule has 0 amide bonds. The van der Waals surface area contributed by atoms with Gasteiger partial charge >= 0.3 is 0 Å². The topological polar surface area (TPSA) is 33.5 Å². The monoisotopic (exact) mass is 255 g/mol. The van der Waals surface area contributed by atoms with Crippen LogP contribution >= 0.6 is 0 Å². The van der Waals surface area contributed by atoms with E-state index in [0.717, 1.165) is 19.4 Å². The summed E-state index contributed by atoms with van der Waals surface area (Å²) in [6.45, 7) is 3.43. The van der Waals surface area contributed by atoms with E-state index in [1.54, 1.807) is 18.4 Å². The molecular formula is C16H17NO2. The van der Waals surface area contributed by atoms with Gasteiger partial charge in [-0.25, -0.2) is 0 Å². The van der Waals surface area contributed by atoms with Crippen molar-refractivity contribution in [1.29, 1.82) is 0 Å². The Morgan fingerprint density at radius 2 is 2.26 bits per heavy atom. The van der Waals surface area contributed by atoms with E-state index in [4.69, 9.17) is 4.42 Å². The lowest BCUT2D eigenvalue weighted by atomic mass is 9.99. The van der Waals surface area contributed by atoms with Crippen LogP contribution in [0.3, 0.4) is 0 Å². The molecule has 3 rings (SSSR count). The molecule has 2 aromatic rings. The molecule has 3 heteroatoms. The minimum absolute atomic E-state index is 0.0402. The van der Waals surface area contributed by atoms with Crippen molar-refractivity contribution >= 4 is 11.5 Å². The normalized spacial score (nSPS) is 14.3. The van der Waals surface area contributed by atoms with E-state index in [-0.39, 0.29) is 5.78 Å². The number of Topliss-reactive ketones (excluding diaryl/α,β-unsaturated/α-hetero) is 1. The van der Waals surface area contributed by atoms with Gasteiger partial charge in [0.2, 0.25) is 5.78 Å². The third kappa shape index (κ3) is 2.41. The molecule has 0 N–H and O–H groups in total. The van der Waals surface area contributed by atoms with Gasteiger partial charge in [-0.15, -0.1) is 0 Å². The first kappa shape index (κ1) is 12.0. The minimum atomic E-state index is 0.0402. The first-order valence-electron chi connectivity index (χ1n) is 6.65. The summed E-state index contributed by atoms with van der Waals surface area (Å²) in [7, 11) is 0. The highest BCUT2D eigenvalue weighted by molar-refractivity contribution is 5.97. The van der Waals surface area contributed by atoms with Gasteiger partial charge in [0.15, 0.2) is 5.76 Å². The maximum absolute atomic E-state index is 12.1. The summed E-state index contributed by atoms with van der Waals surface area (Å²) in [5, 5.41) is 0. The van der Waals surface area contributed by atoms with Gasteiger partial charge in [-0.05, 0) is 43.5 Å². The number of furan rings is 1. The van der Waals surface area contributed by atoms with E-state index in [9.17, 15) is 4.79 Å². The molecule has 1 aliphatic rings. The SMILES string of the molecule is Cc1ccc2c(c1)CCCN2CC(=O)c1ccco1. The lowest BCUT2D eigenvalue weighted by Gasteiger charge is -2.30. The molecule has 0 spiro atoms. The molecule has 0 atom stereocenters. The summed E-state index contributed by atoms with van der Waals surface area (Å²) in [4.78, 5) is 14.3. The Morgan fingerprint density at radius 1 is 1.37 bits per heavy atom. The lowest BCUT2D eigenvalue weighted by molar-refractivity contribution is 0.0972. The number of anilines is 1. The van der Waals surface area contributed by atoms with Gasteiger partial charge in [0.1, 0.15) is 0 Å². The van der Waals surface area contributed by atoms with Crippen molar-refractivity contribution in [3.05, 3.63) is 53.5 Å². The van der Waals surface area contributed by atoms with Crippen LogP contribution < -0.4 is 4.90 Å². The molecular weight excluding hydrogens is 238 g/mol. The smallest absolute Gasteiger partial charge is 0.217 e. The summed E-state index contributed by atoms with van der Waals surface area (Å²) in [5.74, 6) is 0.484. The molecule has 0 unspecified atom stereocenters. The number of hydrogen-bond acceptors (Lipinski definition) is 3. The van der Waals surface area contributed by atoms with Gasteiger partial charge in [-0.1, -0.05) is 17.7 Å². The van der Waals surface area contributed by atoms with Gasteiger partial charge in [-0.3, -0.25) is 4.79 Å². The second-order valence-electron chi connectivity index (χ2n) is 5.06. The van der Waals surface area contributed by atoms with Gasteiger partial charge in [0, 0.05) is 12.2 Å². The molecule has 0 saturated heterocycles.